The van der Waals surface area contributed by atoms with Gasteiger partial charge in [0.1, 0.15) is 5.75 Å². The summed E-state index contributed by atoms with van der Waals surface area (Å²) in [4.78, 5) is 12.2. The summed E-state index contributed by atoms with van der Waals surface area (Å²) in [5, 5.41) is 14.2. The van der Waals surface area contributed by atoms with Crippen molar-refractivity contribution in [3.8, 4) is 5.75 Å². The van der Waals surface area contributed by atoms with Gasteiger partial charge < -0.3 is 15.4 Å². The van der Waals surface area contributed by atoms with E-state index in [1.165, 1.54) is 35.2 Å². The first kappa shape index (κ1) is 18.8. The molecule has 1 atom stereocenters. The van der Waals surface area contributed by atoms with Crippen LogP contribution in [0.2, 0.25) is 0 Å². The Bertz CT molecular complexity index is 763. The maximum absolute atomic E-state index is 12.2. The monoisotopic (exact) mass is 404 g/mol. The Morgan fingerprint density at radius 2 is 2.00 bits per heavy atom. The number of carbonyl (C=O) groups is 1. The van der Waals surface area contributed by atoms with E-state index >= 15 is 0 Å². The van der Waals surface area contributed by atoms with Crippen LogP contribution in [0.3, 0.4) is 0 Å². The van der Waals surface area contributed by atoms with Gasteiger partial charge in [-0.2, -0.15) is 0 Å². The van der Waals surface area contributed by atoms with Gasteiger partial charge in [-0.15, -0.1) is 23.4 Å². The number of nitrogens with zero attached hydrogens (tertiary/aromatic N) is 2. The zero-order chi connectivity index (χ0) is 18.7. The number of nitrogens with one attached hydrogen (secondary N) is 2. The number of anilines is 2. The van der Waals surface area contributed by atoms with Crippen LogP contribution in [0.25, 0.3) is 0 Å². The van der Waals surface area contributed by atoms with Gasteiger partial charge in [0, 0.05) is 11.7 Å². The largest absolute Gasteiger partial charge is 0.573 e. The van der Waals surface area contributed by atoms with Gasteiger partial charge in [0.15, 0.2) is 4.34 Å². The van der Waals surface area contributed by atoms with Gasteiger partial charge in [0.2, 0.25) is 11.0 Å². The molecule has 3 rings (SSSR count). The van der Waals surface area contributed by atoms with Crippen LogP contribution in [0.15, 0.2) is 28.6 Å². The highest BCUT2D eigenvalue weighted by atomic mass is 32.2. The first-order valence-corrected chi connectivity index (χ1v) is 9.41. The van der Waals surface area contributed by atoms with Crippen molar-refractivity contribution in [1.82, 2.24) is 10.2 Å². The number of halogens is 3. The number of amides is 1. The fraction of sp³-hybridized carbons (Fsp3) is 0.400. The van der Waals surface area contributed by atoms with Crippen molar-refractivity contribution in [1.29, 1.82) is 0 Å². The highest BCUT2D eigenvalue weighted by Gasteiger charge is 2.31. The molecule has 6 nitrogen and oxygen atoms in total. The molecule has 0 radical (unpaired) electrons. The van der Waals surface area contributed by atoms with Crippen LogP contribution < -0.4 is 15.4 Å². The number of thioether (sulfide) groups is 1. The number of rotatable bonds is 7. The van der Waals surface area contributed by atoms with E-state index in [0.29, 0.717) is 16.1 Å². The maximum Gasteiger partial charge on any atom is 0.573 e. The third-order valence-electron chi connectivity index (χ3n) is 3.31. The Kier molecular flexibility index (Phi) is 5.56. The minimum atomic E-state index is -4.75. The van der Waals surface area contributed by atoms with E-state index in [2.05, 4.69) is 25.6 Å². The molecule has 2 N–H and O–H groups in total. The van der Waals surface area contributed by atoms with E-state index in [1.54, 1.807) is 6.92 Å². The second-order valence-electron chi connectivity index (χ2n) is 5.61. The highest BCUT2D eigenvalue weighted by molar-refractivity contribution is 8.02. The van der Waals surface area contributed by atoms with Crippen molar-refractivity contribution in [2.75, 3.05) is 10.6 Å². The van der Waals surface area contributed by atoms with Crippen LogP contribution in [0.4, 0.5) is 24.0 Å². The van der Waals surface area contributed by atoms with Gasteiger partial charge >= 0.3 is 6.36 Å². The Morgan fingerprint density at radius 1 is 1.31 bits per heavy atom. The van der Waals surface area contributed by atoms with Crippen molar-refractivity contribution >= 4 is 39.8 Å². The third kappa shape index (κ3) is 5.77. The minimum absolute atomic E-state index is 0.286. The third-order valence-corrected chi connectivity index (χ3v) is 5.35. The Hall–Kier alpha value is -2.01. The molecule has 26 heavy (non-hydrogen) atoms. The first-order valence-electron chi connectivity index (χ1n) is 7.72. The van der Waals surface area contributed by atoms with E-state index in [1.807, 2.05) is 0 Å². The molecular formula is C15H15F3N4O2S2. The zero-order valence-electron chi connectivity index (χ0n) is 13.5. The summed E-state index contributed by atoms with van der Waals surface area (Å²) in [6.07, 6.45) is -2.48. The average Bonchev–Trinajstić information content (AvgIpc) is 3.26. The lowest BCUT2D eigenvalue weighted by atomic mass is 10.3. The van der Waals surface area contributed by atoms with E-state index in [4.69, 9.17) is 0 Å². The standard InChI is InChI=1S/C15H15F3N4O2S2/c1-8(25-14-22-21-13(26-14)20-10-2-3-10)12(23)19-9-4-6-11(7-5-9)24-15(16,17)18/h4-8,10H,2-3H2,1H3,(H,19,23)(H,20,21)/t8-/m0/s1. The summed E-state index contributed by atoms with van der Waals surface area (Å²) in [5.41, 5.74) is 0.380. The molecule has 0 saturated heterocycles. The number of alkyl halides is 3. The number of hydrogen-bond donors (Lipinski definition) is 2. The summed E-state index contributed by atoms with van der Waals surface area (Å²) in [6.45, 7) is 1.72. The van der Waals surface area contributed by atoms with Gasteiger partial charge in [0.05, 0.1) is 5.25 Å². The molecule has 2 aromatic rings. The average molecular weight is 404 g/mol. The molecule has 0 aliphatic heterocycles. The second kappa shape index (κ2) is 7.70. The molecule has 140 valence electrons. The number of benzene rings is 1. The molecule has 0 spiro atoms. The van der Waals surface area contributed by atoms with Gasteiger partial charge in [-0.25, -0.2) is 0 Å². The molecule has 1 amide bonds. The van der Waals surface area contributed by atoms with E-state index in [-0.39, 0.29) is 11.7 Å². The molecule has 1 aromatic carbocycles. The summed E-state index contributed by atoms with van der Waals surface area (Å²) in [7, 11) is 0. The van der Waals surface area contributed by atoms with Crippen LogP contribution in [0.1, 0.15) is 19.8 Å². The fourth-order valence-electron chi connectivity index (χ4n) is 1.91. The molecule has 1 heterocycles. The van der Waals surface area contributed by atoms with Crippen LogP contribution in [-0.4, -0.2) is 33.8 Å². The van der Waals surface area contributed by atoms with Crippen molar-refractivity contribution in [2.24, 2.45) is 0 Å². The smallest absolute Gasteiger partial charge is 0.406 e. The molecule has 1 aromatic heterocycles. The predicted molar refractivity (Wildman–Crippen MR) is 93.6 cm³/mol. The van der Waals surface area contributed by atoms with Crippen LogP contribution in [0.5, 0.6) is 5.75 Å². The van der Waals surface area contributed by atoms with Crippen LogP contribution in [-0.2, 0) is 4.79 Å². The van der Waals surface area contributed by atoms with E-state index < -0.39 is 11.6 Å². The molecule has 1 saturated carbocycles. The normalized spacial score (nSPS) is 15.4. The Morgan fingerprint density at radius 3 is 2.62 bits per heavy atom. The lowest BCUT2D eigenvalue weighted by Crippen LogP contribution is -2.22. The van der Waals surface area contributed by atoms with E-state index in [0.717, 1.165) is 30.1 Å². The number of aromatic nitrogens is 2. The zero-order valence-corrected chi connectivity index (χ0v) is 15.2. The second-order valence-corrected chi connectivity index (χ2v) is 8.18. The molecule has 1 aliphatic rings. The molecule has 0 bridgehead atoms. The summed E-state index contributed by atoms with van der Waals surface area (Å²) in [6, 6.07) is 5.45. The fourth-order valence-corrected chi connectivity index (χ4v) is 3.88. The number of carbonyl (C=O) groups excluding carboxylic acids is 1. The lowest BCUT2D eigenvalue weighted by Gasteiger charge is -2.12. The van der Waals surface area contributed by atoms with Gasteiger partial charge in [-0.1, -0.05) is 23.1 Å². The molecular weight excluding hydrogens is 389 g/mol. The van der Waals surface area contributed by atoms with Crippen molar-refractivity contribution in [2.45, 2.75) is 41.8 Å². The van der Waals surface area contributed by atoms with Crippen LogP contribution >= 0.6 is 23.1 Å². The van der Waals surface area contributed by atoms with Gasteiger partial charge in [-0.3, -0.25) is 4.79 Å². The highest BCUT2D eigenvalue weighted by Crippen LogP contribution is 2.32. The predicted octanol–water partition coefficient (Wildman–Crippen LogP) is 4.13. The van der Waals surface area contributed by atoms with E-state index in [9.17, 15) is 18.0 Å². The summed E-state index contributed by atoms with van der Waals surface area (Å²) in [5.74, 6) is -0.631. The summed E-state index contributed by atoms with van der Waals surface area (Å²) < 4.78 is 40.8. The molecule has 11 heteroatoms. The number of hydrogen-bond acceptors (Lipinski definition) is 7. The van der Waals surface area contributed by atoms with Crippen molar-refractivity contribution in [3.05, 3.63) is 24.3 Å². The van der Waals surface area contributed by atoms with Crippen LogP contribution in [0, 0.1) is 0 Å². The van der Waals surface area contributed by atoms with Gasteiger partial charge in [-0.05, 0) is 44.0 Å². The van der Waals surface area contributed by atoms with Crippen molar-refractivity contribution < 1.29 is 22.7 Å². The first-order chi connectivity index (χ1) is 12.3. The maximum atomic E-state index is 12.2. The Balaban J connectivity index is 1.51. The van der Waals surface area contributed by atoms with Gasteiger partial charge in [0.25, 0.3) is 0 Å². The van der Waals surface area contributed by atoms with Crippen molar-refractivity contribution in [3.63, 3.8) is 0 Å². The Labute approximate surface area is 155 Å². The minimum Gasteiger partial charge on any atom is -0.406 e. The molecule has 1 fully saturated rings. The molecule has 0 unspecified atom stereocenters. The quantitative estimate of drug-likeness (QED) is 0.676. The lowest BCUT2D eigenvalue weighted by molar-refractivity contribution is -0.274. The topological polar surface area (TPSA) is 76.1 Å². The molecule has 1 aliphatic carbocycles. The SMILES string of the molecule is C[C@H](Sc1nnc(NC2CC2)s1)C(=O)Nc1ccc(OC(F)(F)F)cc1. The number of ether oxygens (including phenoxy) is 1. The summed E-state index contributed by atoms with van der Waals surface area (Å²) >= 11 is 2.66.